The molecule has 5 nitrogen and oxygen atoms in total. The second-order valence-electron chi connectivity index (χ2n) is 5.65. The van der Waals surface area contributed by atoms with Crippen LogP contribution in [0.3, 0.4) is 0 Å². The minimum absolute atomic E-state index is 0.0393. The van der Waals surface area contributed by atoms with E-state index in [4.69, 9.17) is 4.74 Å². The number of hydrogen-bond acceptors (Lipinski definition) is 4. The number of methoxy groups -OCH3 is 1. The molecule has 1 fully saturated rings. The van der Waals surface area contributed by atoms with Crippen LogP contribution in [0.15, 0.2) is 18.2 Å². The molecule has 1 N–H and O–H groups in total. The number of quaternary nitrogens is 1. The fraction of sp³-hybridized carbons (Fsp3) is 0.500. The molecule has 5 heteroatoms. The smallest absolute Gasteiger partial charge is 0.220 e. The molecule has 1 aromatic rings. The number of likely N-dealkylation sites (tertiary alicyclic amines) is 1. The average Bonchev–Trinajstić information content (AvgIpc) is 2.47. The number of carboxylic acid groups (broad SMARTS) is 1. The van der Waals surface area contributed by atoms with Crippen LogP contribution in [0.4, 0.5) is 0 Å². The van der Waals surface area contributed by atoms with Gasteiger partial charge in [-0.3, -0.25) is 4.79 Å². The van der Waals surface area contributed by atoms with Gasteiger partial charge < -0.3 is 19.5 Å². The zero-order valence-electron chi connectivity index (χ0n) is 12.5. The molecule has 0 spiro atoms. The lowest BCUT2D eigenvalue weighted by molar-refractivity contribution is -0.897. The van der Waals surface area contributed by atoms with E-state index in [0.717, 1.165) is 10.5 Å². The van der Waals surface area contributed by atoms with E-state index in [1.54, 1.807) is 13.2 Å². The van der Waals surface area contributed by atoms with Crippen molar-refractivity contribution in [1.82, 2.24) is 0 Å². The van der Waals surface area contributed by atoms with Crippen LogP contribution in [-0.2, 0) is 4.79 Å². The van der Waals surface area contributed by atoms with Crippen LogP contribution in [-0.4, -0.2) is 38.5 Å². The Morgan fingerprint density at radius 1 is 1.33 bits per heavy atom. The summed E-state index contributed by atoms with van der Waals surface area (Å²) in [6.07, 6.45) is 1.16. The number of carboxylic acids is 1. The van der Waals surface area contributed by atoms with Crippen LogP contribution >= 0.6 is 0 Å². The first-order valence-corrected chi connectivity index (χ1v) is 7.23. The molecule has 0 bridgehead atoms. The van der Waals surface area contributed by atoms with E-state index >= 15 is 0 Å². The summed E-state index contributed by atoms with van der Waals surface area (Å²) in [4.78, 5) is 24.4. The third-order valence-electron chi connectivity index (χ3n) is 4.09. The van der Waals surface area contributed by atoms with Crippen LogP contribution in [0.5, 0.6) is 5.75 Å². The van der Waals surface area contributed by atoms with Crippen LogP contribution in [0.25, 0.3) is 0 Å². The molecule has 1 aliphatic heterocycles. The molecule has 0 amide bonds. The number of aryl methyl sites for hydroxylation is 1. The Balaban J connectivity index is 1.99. The van der Waals surface area contributed by atoms with E-state index in [9.17, 15) is 14.7 Å². The van der Waals surface area contributed by atoms with Crippen LogP contribution < -0.4 is 14.7 Å². The molecular formula is C16H21NO4. The molecule has 114 valence electrons. The lowest BCUT2D eigenvalue weighted by atomic mass is 9.96. The number of carbonyl (C=O) groups is 2. The minimum Gasteiger partial charge on any atom is -0.550 e. The van der Waals surface area contributed by atoms with Gasteiger partial charge in [0.05, 0.1) is 25.8 Å². The van der Waals surface area contributed by atoms with Crippen molar-refractivity contribution in [2.75, 3.05) is 26.7 Å². The normalized spacial score (nSPS) is 21.8. The van der Waals surface area contributed by atoms with Gasteiger partial charge in [-0.25, -0.2) is 0 Å². The molecule has 1 aliphatic rings. The summed E-state index contributed by atoms with van der Waals surface area (Å²) in [5.74, 6) is -0.704. The fourth-order valence-corrected chi connectivity index (χ4v) is 2.80. The summed E-state index contributed by atoms with van der Waals surface area (Å²) >= 11 is 0. The van der Waals surface area contributed by atoms with E-state index < -0.39 is 5.97 Å². The largest absolute Gasteiger partial charge is 0.550 e. The second-order valence-corrected chi connectivity index (χ2v) is 5.65. The number of nitrogens with one attached hydrogen (secondary N) is 1. The molecule has 1 heterocycles. The van der Waals surface area contributed by atoms with Crippen molar-refractivity contribution in [1.29, 1.82) is 0 Å². The SMILES string of the molecule is COc1ccc(C)cc1C(=O)C[NH+]1CCC(C(=O)[O-])CC1. The van der Waals surface area contributed by atoms with Gasteiger partial charge in [-0.1, -0.05) is 11.6 Å². The van der Waals surface area contributed by atoms with E-state index in [1.165, 1.54) is 0 Å². The van der Waals surface area contributed by atoms with Gasteiger partial charge in [0.15, 0.2) is 0 Å². The number of ether oxygens (including phenoxy) is 1. The average molecular weight is 291 g/mol. The Bertz CT molecular complexity index is 533. The maximum atomic E-state index is 12.4. The standard InChI is InChI=1S/C16H21NO4/c1-11-3-4-15(21-2)13(9-11)14(18)10-17-7-5-12(6-8-17)16(19)20/h3-4,9,12H,5-8,10H2,1-2H3,(H,19,20). The maximum absolute atomic E-state index is 12.4. The lowest BCUT2D eigenvalue weighted by Gasteiger charge is -2.29. The van der Waals surface area contributed by atoms with Crippen molar-refractivity contribution >= 4 is 11.8 Å². The first kappa shape index (κ1) is 15.5. The molecule has 0 atom stereocenters. The van der Waals surface area contributed by atoms with Gasteiger partial charge in [0, 0.05) is 24.7 Å². The van der Waals surface area contributed by atoms with Crippen molar-refractivity contribution in [2.24, 2.45) is 5.92 Å². The van der Waals surface area contributed by atoms with Gasteiger partial charge in [-0.2, -0.15) is 0 Å². The topological polar surface area (TPSA) is 70.9 Å². The Morgan fingerprint density at radius 3 is 2.57 bits per heavy atom. The van der Waals surface area contributed by atoms with Gasteiger partial charge in [0.25, 0.3) is 0 Å². The number of piperidine rings is 1. The predicted octanol–water partition coefficient (Wildman–Crippen LogP) is -0.769. The molecule has 0 radical (unpaired) electrons. The van der Waals surface area contributed by atoms with Crippen molar-refractivity contribution in [2.45, 2.75) is 19.8 Å². The molecule has 0 unspecified atom stereocenters. The number of rotatable bonds is 5. The molecule has 1 saturated heterocycles. The number of carbonyl (C=O) groups excluding carboxylic acids is 2. The maximum Gasteiger partial charge on any atom is 0.220 e. The van der Waals surface area contributed by atoms with E-state index in [1.807, 2.05) is 19.1 Å². The third kappa shape index (κ3) is 3.82. The van der Waals surface area contributed by atoms with Crippen molar-refractivity contribution in [3.8, 4) is 5.75 Å². The van der Waals surface area contributed by atoms with E-state index in [2.05, 4.69) is 0 Å². The highest BCUT2D eigenvalue weighted by Gasteiger charge is 2.25. The van der Waals surface area contributed by atoms with Gasteiger partial charge in [-0.15, -0.1) is 0 Å². The Morgan fingerprint density at radius 2 is 2.00 bits per heavy atom. The third-order valence-corrected chi connectivity index (χ3v) is 4.09. The molecule has 21 heavy (non-hydrogen) atoms. The summed E-state index contributed by atoms with van der Waals surface area (Å²) in [6.45, 7) is 3.70. The first-order chi connectivity index (χ1) is 10.0. The van der Waals surface area contributed by atoms with Gasteiger partial charge in [0.2, 0.25) is 5.78 Å². The minimum atomic E-state index is -0.972. The van der Waals surface area contributed by atoms with Crippen molar-refractivity contribution < 1.29 is 24.3 Å². The molecule has 0 aliphatic carbocycles. The molecule has 1 aromatic carbocycles. The predicted molar refractivity (Wildman–Crippen MR) is 75.4 cm³/mol. The molecule has 0 aromatic heterocycles. The molecule has 0 saturated carbocycles. The van der Waals surface area contributed by atoms with Crippen LogP contribution in [0.1, 0.15) is 28.8 Å². The second kappa shape index (κ2) is 6.72. The Kier molecular flexibility index (Phi) is 4.96. The van der Waals surface area contributed by atoms with Crippen LogP contribution in [0, 0.1) is 12.8 Å². The monoisotopic (exact) mass is 291 g/mol. The zero-order chi connectivity index (χ0) is 15.4. The fourth-order valence-electron chi connectivity index (χ4n) is 2.80. The Labute approximate surface area is 124 Å². The lowest BCUT2D eigenvalue weighted by Crippen LogP contribution is -3.14. The highest BCUT2D eigenvalue weighted by molar-refractivity contribution is 5.99. The molecular weight excluding hydrogens is 270 g/mol. The summed E-state index contributed by atoms with van der Waals surface area (Å²) in [6, 6.07) is 5.56. The quantitative estimate of drug-likeness (QED) is 0.723. The number of ketones is 1. The number of Topliss-reactive ketones (excluding diaryl/α,β-unsaturated/α-hetero) is 1. The summed E-state index contributed by atoms with van der Waals surface area (Å²) in [7, 11) is 1.56. The van der Waals surface area contributed by atoms with Crippen LogP contribution in [0.2, 0.25) is 0 Å². The molecule has 2 rings (SSSR count). The summed E-state index contributed by atoms with van der Waals surface area (Å²) < 4.78 is 5.24. The van der Waals surface area contributed by atoms with E-state index in [-0.39, 0.29) is 11.7 Å². The zero-order valence-corrected chi connectivity index (χ0v) is 12.5. The Hall–Kier alpha value is -1.88. The van der Waals surface area contributed by atoms with Gasteiger partial charge in [0.1, 0.15) is 12.3 Å². The highest BCUT2D eigenvalue weighted by Crippen LogP contribution is 2.19. The van der Waals surface area contributed by atoms with Crippen molar-refractivity contribution in [3.63, 3.8) is 0 Å². The van der Waals surface area contributed by atoms with Gasteiger partial charge >= 0.3 is 0 Å². The van der Waals surface area contributed by atoms with Crippen molar-refractivity contribution in [3.05, 3.63) is 29.3 Å². The first-order valence-electron chi connectivity index (χ1n) is 7.23. The van der Waals surface area contributed by atoms with Gasteiger partial charge in [-0.05, 0) is 19.1 Å². The number of aliphatic carboxylic acids is 1. The number of benzene rings is 1. The number of hydrogen-bond donors (Lipinski definition) is 1. The highest BCUT2D eigenvalue weighted by atomic mass is 16.5. The van der Waals surface area contributed by atoms with E-state index in [0.29, 0.717) is 43.8 Å². The summed E-state index contributed by atoms with van der Waals surface area (Å²) in [5, 5.41) is 10.8. The summed E-state index contributed by atoms with van der Waals surface area (Å²) in [5.41, 5.74) is 1.62.